The average Bonchev–Trinajstić information content (AvgIpc) is 2.28. The Hall–Kier alpha value is -0.910. The van der Waals surface area contributed by atoms with Gasteiger partial charge in [-0.05, 0) is 25.0 Å². The molecule has 0 radical (unpaired) electrons. The van der Waals surface area contributed by atoms with E-state index in [1.807, 2.05) is 13.8 Å². The van der Waals surface area contributed by atoms with Crippen molar-refractivity contribution in [3.05, 3.63) is 29.8 Å². The number of benzene rings is 1. The SMILES string of the molecule is CCCC(C)NS(=O)(=O)c1ccccc1CO. The van der Waals surface area contributed by atoms with Crippen LogP contribution in [0.1, 0.15) is 32.3 Å². The maximum atomic E-state index is 12.1. The number of sulfonamides is 1. The smallest absolute Gasteiger partial charge is 0.241 e. The molecule has 0 spiro atoms. The van der Waals surface area contributed by atoms with Crippen LogP contribution in [0, 0.1) is 0 Å². The molecule has 2 N–H and O–H groups in total. The highest BCUT2D eigenvalue weighted by Crippen LogP contribution is 2.16. The van der Waals surface area contributed by atoms with Crippen molar-refractivity contribution < 1.29 is 13.5 Å². The molecule has 0 saturated heterocycles. The number of rotatable bonds is 6. The Morgan fingerprint density at radius 3 is 2.59 bits per heavy atom. The van der Waals surface area contributed by atoms with Gasteiger partial charge < -0.3 is 5.11 Å². The van der Waals surface area contributed by atoms with Crippen LogP contribution in [0.4, 0.5) is 0 Å². The maximum absolute atomic E-state index is 12.1. The summed E-state index contributed by atoms with van der Waals surface area (Å²) in [5, 5.41) is 9.13. The lowest BCUT2D eigenvalue weighted by Gasteiger charge is -2.14. The maximum Gasteiger partial charge on any atom is 0.241 e. The van der Waals surface area contributed by atoms with Crippen molar-refractivity contribution in [2.45, 2.75) is 44.2 Å². The Labute approximate surface area is 103 Å². The number of aliphatic hydroxyl groups is 1. The Balaban J connectivity index is 2.97. The van der Waals surface area contributed by atoms with Gasteiger partial charge in [0.25, 0.3) is 0 Å². The highest BCUT2D eigenvalue weighted by atomic mass is 32.2. The summed E-state index contributed by atoms with van der Waals surface area (Å²) in [4.78, 5) is 0.158. The summed E-state index contributed by atoms with van der Waals surface area (Å²) in [6.45, 7) is 3.56. The second-order valence-electron chi connectivity index (χ2n) is 4.08. The van der Waals surface area contributed by atoms with Gasteiger partial charge in [-0.2, -0.15) is 0 Å². The van der Waals surface area contributed by atoms with E-state index in [4.69, 9.17) is 5.11 Å². The van der Waals surface area contributed by atoms with Crippen LogP contribution in [0.2, 0.25) is 0 Å². The first-order valence-electron chi connectivity index (χ1n) is 5.72. The first-order valence-corrected chi connectivity index (χ1v) is 7.20. The summed E-state index contributed by atoms with van der Waals surface area (Å²) in [5.41, 5.74) is 0.420. The molecule has 0 aliphatic heterocycles. The van der Waals surface area contributed by atoms with Crippen LogP contribution < -0.4 is 4.72 Å². The molecule has 1 atom stereocenters. The van der Waals surface area contributed by atoms with Crippen LogP contribution in [0.25, 0.3) is 0 Å². The third kappa shape index (κ3) is 3.80. The summed E-state index contributed by atoms with van der Waals surface area (Å²) in [7, 11) is -3.53. The van der Waals surface area contributed by atoms with Crippen LogP contribution in [0.3, 0.4) is 0 Å². The second kappa shape index (κ2) is 6.14. The molecule has 5 heteroatoms. The molecule has 4 nitrogen and oxygen atoms in total. The van der Waals surface area contributed by atoms with Gasteiger partial charge in [-0.1, -0.05) is 31.5 Å². The molecule has 0 bridgehead atoms. The van der Waals surface area contributed by atoms with Gasteiger partial charge in [0.15, 0.2) is 0 Å². The minimum absolute atomic E-state index is 0.100. The van der Waals surface area contributed by atoms with E-state index >= 15 is 0 Å². The van der Waals surface area contributed by atoms with Gasteiger partial charge in [0, 0.05) is 6.04 Å². The first kappa shape index (κ1) is 14.2. The molecule has 0 aliphatic rings. The van der Waals surface area contributed by atoms with Crippen LogP contribution in [0.5, 0.6) is 0 Å². The topological polar surface area (TPSA) is 66.4 Å². The molecule has 0 fully saturated rings. The lowest BCUT2D eigenvalue weighted by Crippen LogP contribution is -2.33. The predicted molar refractivity (Wildman–Crippen MR) is 67.1 cm³/mol. The molecule has 17 heavy (non-hydrogen) atoms. The van der Waals surface area contributed by atoms with Gasteiger partial charge in [-0.15, -0.1) is 0 Å². The van der Waals surface area contributed by atoms with Crippen LogP contribution in [0.15, 0.2) is 29.2 Å². The van der Waals surface area contributed by atoms with Gasteiger partial charge in [0.05, 0.1) is 11.5 Å². The van der Waals surface area contributed by atoms with E-state index in [0.29, 0.717) is 5.56 Å². The summed E-state index contributed by atoms with van der Waals surface area (Å²) in [6, 6.07) is 6.38. The molecule has 0 heterocycles. The van der Waals surface area contributed by atoms with E-state index in [0.717, 1.165) is 12.8 Å². The lowest BCUT2D eigenvalue weighted by molar-refractivity contribution is 0.278. The quantitative estimate of drug-likeness (QED) is 0.814. The highest BCUT2D eigenvalue weighted by molar-refractivity contribution is 7.89. The van der Waals surface area contributed by atoms with Crippen LogP contribution in [-0.2, 0) is 16.6 Å². The van der Waals surface area contributed by atoms with Gasteiger partial charge >= 0.3 is 0 Å². The molecular formula is C12H19NO3S. The highest BCUT2D eigenvalue weighted by Gasteiger charge is 2.19. The fourth-order valence-electron chi connectivity index (χ4n) is 1.72. The zero-order chi connectivity index (χ0) is 12.9. The standard InChI is InChI=1S/C12H19NO3S/c1-3-6-10(2)13-17(15,16)12-8-5-4-7-11(12)9-14/h4-5,7-8,10,13-14H,3,6,9H2,1-2H3. The first-order chi connectivity index (χ1) is 8.01. The molecule has 0 aromatic heterocycles. The molecule has 1 unspecified atom stereocenters. The summed E-state index contributed by atoms with van der Waals surface area (Å²) >= 11 is 0. The third-order valence-electron chi connectivity index (χ3n) is 2.51. The zero-order valence-electron chi connectivity index (χ0n) is 10.2. The molecule has 0 saturated carbocycles. The number of hydrogen-bond donors (Lipinski definition) is 2. The summed E-state index contributed by atoms with van der Waals surface area (Å²) < 4.78 is 26.8. The van der Waals surface area contributed by atoms with E-state index in [-0.39, 0.29) is 17.5 Å². The van der Waals surface area contributed by atoms with Crippen molar-refractivity contribution in [3.8, 4) is 0 Å². The minimum atomic E-state index is -3.53. The molecule has 96 valence electrons. The van der Waals surface area contributed by atoms with Gasteiger partial charge in [-0.3, -0.25) is 0 Å². The summed E-state index contributed by atoms with van der Waals surface area (Å²) in [5.74, 6) is 0. The fourth-order valence-corrected chi connectivity index (χ4v) is 3.23. The van der Waals surface area contributed by atoms with Crippen LogP contribution in [-0.4, -0.2) is 19.6 Å². The largest absolute Gasteiger partial charge is 0.392 e. The Morgan fingerprint density at radius 1 is 1.35 bits per heavy atom. The second-order valence-corrected chi connectivity index (χ2v) is 5.76. The Kier molecular flexibility index (Phi) is 5.11. The normalized spacial score (nSPS) is 13.6. The number of aliphatic hydroxyl groups excluding tert-OH is 1. The molecular weight excluding hydrogens is 238 g/mol. The molecule has 0 amide bonds. The minimum Gasteiger partial charge on any atom is -0.392 e. The Bertz CT molecular complexity index is 457. The number of hydrogen-bond acceptors (Lipinski definition) is 3. The molecule has 1 rings (SSSR count). The van der Waals surface area contributed by atoms with Gasteiger partial charge in [0.1, 0.15) is 0 Å². The van der Waals surface area contributed by atoms with E-state index in [2.05, 4.69) is 4.72 Å². The van der Waals surface area contributed by atoms with Gasteiger partial charge in [-0.25, -0.2) is 13.1 Å². The predicted octanol–water partition coefficient (Wildman–Crippen LogP) is 1.65. The zero-order valence-corrected chi connectivity index (χ0v) is 11.0. The number of nitrogens with one attached hydrogen (secondary N) is 1. The molecule has 0 aliphatic carbocycles. The monoisotopic (exact) mass is 257 g/mol. The van der Waals surface area contributed by atoms with E-state index in [9.17, 15) is 8.42 Å². The van der Waals surface area contributed by atoms with Crippen molar-refractivity contribution in [2.24, 2.45) is 0 Å². The van der Waals surface area contributed by atoms with Crippen LogP contribution >= 0.6 is 0 Å². The van der Waals surface area contributed by atoms with Crippen molar-refractivity contribution >= 4 is 10.0 Å². The average molecular weight is 257 g/mol. The van der Waals surface area contributed by atoms with E-state index in [1.165, 1.54) is 6.07 Å². The van der Waals surface area contributed by atoms with Crippen molar-refractivity contribution in [1.82, 2.24) is 4.72 Å². The summed E-state index contributed by atoms with van der Waals surface area (Å²) in [6.07, 6.45) is 1.71. The third-order valence-corrected chi connectivity index (χ3v) is 4.20. The van der Waals surface area contributed by atoms with E-state index in [1.54, 1.807) is 18.2 Å². The van der Waals surface area contributed by atoms with Crippen molar-refractivity contribution in [3.63, 3.8) is 0 Å². The van der Waals surface area contributed by atoms with Crippen molar-refractivity contribution in [1.29, 1.82) is 0 Å². The van der Waals surface area contributed by atoms with Gasteiger partial charge in [0.2, 0.25) is 10.0 Å². The van der Waals surface area contributed by atoms with Crippen molar-refractivity contribution in [2.75, 3.05) is 0 Å². The Morgan fingerprint density at radius 2 is 2.00 bits per heavy atom. The fraction of sp³-hybridized carbons (Fsp3) is 0.500. The van der Waals surface area contributed by atoms with E-state index < -0.39 is 10.0 Å². The molecule has 1 aromatic rings. The lowest BCUT2D eigenvalue weighted by atomic mass is 10.2. The molecule has 1 aromatic carbocycles.